The van der Waals surface area contributed by atoms with Gasteiger partial charge in [-0.2, -0.15) is 0 Å². The van der Waals surface area contributed by atoms with Crippen LogP contribution in [0.3, 0.4) is 0 Å². The smallest absolute Gasteiger partial charge is 0.352 e. The number of benzene rings is 1. The molecule has 1 aromatic rings. The first-order chi connectivity index (χ1) is 9.24. The second-order valence-electron chi connectivity index (χ2n) is 4.66. The fraction of sp³-hybridized carbons (Fsp3) is 0.400. The molecule has 1 aliphatic carbocycles. The Labute approximate surface area is 112 Å². The van der Waals surface area contributed by atoms with Crippen molar-refractivity contribution in [2.75, 3.05) is 7.11 Å². The molecule has 0 radical (unpaired) electrons. The third kappa shape index (κ3) is 1.87. The maximum Gasteiger partial charge on any atom is 0.352 e. The molecule has 19 heavy (non-hydrogen) atoms. The molecule has 0 amide bonds. The molecular weight excluding hydrogens is 244 g/mol. The quantitative estimate of drug-likeness (QED) is 0.767. The Bertz CT molecular complexity index is 560. The highest BCUT2D eigenvalue weighted by molar-refractivity contribution is 5.86. The van der Waals surface area contributed by atoms with E-state index in [-0.39, 0.29) is 5.97 Å². The van der Waals surface area contributed by atoms with Crippen LogP contribution in [0, 0.1) is 0 Å². The van der Waals surface area contributed by atoms with Gasteiger partial charge in [0.2, 0.25) is 0 Å². The molecule has 1 atom stereocenters. The van der Waals surface area contributed by atoms with Crippen LogP contribution in [0.4, 0.5) is 0 Å². The van der Waals surface area contributed by atoms with E-state index >= 15 is 0 Å². The first-order valence-electron chi connectivity index (χ1n) is 6.53. The summed E-state index contributed by atoms with van der Waals surface area (Å²) in [5, 5.41) is 0. The Morgan fingerprint density at radius 3 is 3.00 bits per heavy atom. The van der Waals surface area contributed by atoms with Gasteiger partial charge in [-0.1, -0.05) is 6.92 Å². The van der Waals surface area contributed by atoms with Crippen LogP contribution in [0.25, 0.3) is 5.76 Å². The first kappa shape index (κ1) is 12.1. The number of hydrogen-bond acceptors (Lipinski definition) is 4. The molecule has 0 spiro atoms. The van der Waals surface area contributed by atoms with Gasteiger partial charge in [-0.05, 0) is 37.5 Å². The highest BCUT2D eigenvalue weighted by atomic mass is 16.6. The van der Waals surface area contributed by atoms with Crippen molar-refractivity contribution < 1.29 is 19.0 Å². The van der Waals surface area contributed by atoms with E-state index in [9.17, 15) is 4.79 Å². The fourth-order valence-corrected chi connectivity index (χ4v) is 2.58. The van der Waals surface area contributed by atoms with Gasteiger partial charge in [0.25, 0.3) is 0 Å². The Hall–Kier alpha value is -1.97. The maximum absolute atomic E-state index is 12.0. The number of hydrogen-bond donors (Lipinski definition) is 0. The van der Waals surface area contributed by atoms with E-state index in [0.29, 0.717) is 17.9 Å². The van der Waals surface area contributed by atoms with Crippen molar-refractivity contribution in [1.29, 1.82) is 0 Å². The molecule has 1 aliphatic heterocycles. The molecule has 0 saturated carbocycles. The summed E-state index contributed by atoms with van der Waals surface area (Å²) in [6.45, 7) is 1.91. The molecule has 1 heterocycles. The van der Waals surface area contributed by atoms with Crippen LogP contribution in [0.15, 0.2) is 18.2 Å². The average molecular weight is 260 g/mol. The summed E-state index contributed by atoms with van der Waals surface area (Å²) in [6.07, 6.45) is 3.71. The fourth-order valence-electron chi connectivity index (χ4n) is 2.58. The normalized spacial score (nSPS) is 20.6. The van der Waals surface area contributed by atoms with E-state index in [0.717, 1.165) is 29.7 Å². The third-order valence-corrected chi connectivity index (χ3v) is 3.54. The molecule has 2 aliphatic rings. The van der Waals surface area contributed by atoms with Gasteiger partial charge in [0, 0.05) is 5.56 Å². The summed E-state index contributed by atoms with van der Waals surface area (Å²) in [5.41, 5.74) is 1.93. The molecule has 0 fully saturated rings. The summed E-state index contributed by atoms with van der Waals surface area (Å²) in [4.78, 5) is 12.0. The molecule has 4 heteroatoms. The second kappa shape index (κ2) is 4.61. The SMILES string of the molecule is CCC1Oc2ccc(OC)c3c2C(=CCC3)OC1=O. The molecule has 100 valence electrons. The maximum atomic E-state index is 12.0. The predicted octanol–water partition coefficient (Wildman–Crippen LogP) is 2.70. The lowest BCUT2D eigenvalue weighted by Crippen LogP contribution is -2.26. The number of carbonyl (C=O) groups is 1. The van der Waals surface area contributed by atoms with Gasteiger partial charge in [0.15, 0.2) is 6.10 Å². The minimum Gasteiger partial charge on any atom is -0.496 e. The van der Waals surface area contributed by atoms with Crippen LogP contribution >= 0.6 is 0 Å². The number of ether oxygens (including phenoxy) is 3. The second-order valence-corrected chi connectivity index (χ2v) is 4.66. The van der Waals surface area contributed by atoms with E-state index in [1.54, 1.807) is 7.11 Å². The van der Waals surface area contributed by atoms with Crippen LogP contribution in [0.2, 0.25) is 0 Å². The zero-order chi connectivity index (χ0) is 13.4. The summed E-state index contributed by atoms with van der Waals surface area (Å²) >= 11 is 0. The first-order valence-corrected chi connectivity index (χ1v) is 6.53. The highest BCUT2D eigenvalue weighted by Gasteiger charge is 2.32. The summed E-state index contributed by atoms with van der Waals surface area (Å²) in [7, 11) is 1.65. The lowest BCUT2D eigenvalue weighted by molar-refractivity contribution is -0.144. The number of methoxy groups -OCH3 is 1. The van der Waals surface area contributed by atoms with Crippen molar-refractivity contribution in [3.8, 4) is 11.5 Å². The predicted molar refractivity (Wildman–Crippen MR) is 70.1 cm³/mol. The Morgan fingerprint density at radius 1 is 1.42 bits per heavy atom. The van der Waals surface area contributed by atoms with Crippen molar-refractivity contribution in [2.24, 2.45) is 0 Å². The molecular formula is C15H16O4. The Balaban J connectivity index is 2.17. The third-order valence-electron chi connectivity index (χ3n) is 3.54. The standard InChI is InChI=1S/C15H16O4/c1-3-10-15(16)19-12-6-4-5-9-11(17-2)7-8-13(18-10)14(9)12/h6-8,10H,3-5H2,1-2H3. The molecule has 0 N–H and O–H groups in total. The van der Waals surface area contributed by atoms with E-state index in [1.165, 1.54) is 0 Å². The summed E-state index contributed by atoms with van der Waals surface area (Å²) in [5.74, 6) is 1.81. The molecule has 0 saturated heterocycles. The minimum absolute atomic E-state index is 0.322. The van der Waals surface area contributed by atoms with Crippen LogP contribution in [0.1, 0.15) is 30.9 Å². The van der Waals surface area contributed by atoms with Crippen LogP contribution in [-0.4, -0.2) is 19.2 Å². The van der Waals surface area contributed by atoms with Crippen LogP contribution in [0.5, 0.6) is 11.5 Å². The Morgan fingerprint density at radius 2 is 2.26 bits per heavy atom. The zero-order valence-corrected chi connectivity index (χ0v) is 11.1. The number of carbonyl (C=O) groups excluding carboxylic acids is 1. The molecule has 3 rings (SSSR count). The molecule has 0 bridgehead atoms. The van der Waals surface area contributed by atoms with E-state index in [1.807, 2.05) is 25.1 Å². The van der Waals surface area contributed by atoms with Gasteiger partial charge in [-0.25, -0.2) is 4.79 Å². The molecule has 4 nitrogen and oxygen atoms in total. The monoisotopic (exact) mass is 260 g/mol. The minimum atomic E-state index is -0.538. The van der Waals surface area contributed by atoms with Crippen LogP contribution < -0.4 is 9.47 Å². The van der Waals surface area contributed by atoms with Gasteiger partial charge in [0.1, 0.15) is 17.3 Å². The van der Waals surface area contributed by atoms with Crippen molar-refractivity contribution >= 4 is 11.7 Å². The summed E-state index contributed by atoms with van der Waals surface area (Å²) < 4.78 is 16.6. The van der Waals surface area contributed by atoms with Crippen molar-refractivity contribution in [1.82, 2.24) is 0 Å². The average Bonchev–Trinajstić information content (AvgIpc) is 2.57. The van der Waals surface area contributed by atoms with Gasteiger partial charge in [-0.15, -0.1) is 0 Å². The molecule has 1 unspecified atom stereocenters. The van der Waals surface area contributed by atoms with Crippen molar-refractivity contribution in [3.63, 3.8) is 0 Å². The van der Waals surface area contributed by atoms with E-state index in [2.05, 4.69) is 0 Å². The zero-order valence-electron chi connectivity index (χ0n) is 11.1. The van der Waals surface area contributed by atoms with Gasteiger partial charge >= 0.3 is 5.97 Å². The number of allylic oxidation sites excluding steroid dienone is 1. The van der Waals surface area contributed by atoms with E-state index in [4.69, 9.17) is 14.2 Å². The van der Waals surface area contributed by atoms with Gasteiger partial charge in [0.05, 0.1) is 12.7 Å². The van der Waals surface area contributed by atoms with E-state index < -0.39 is 6.10 Å². The summed E-state index contributed by atoms with van der Waals surface area (Å²) in [6, 6.07) is 3.74. The topological polar surface area (TPSA) is 44.8 Å². The molecule has 0 aromatic heterocycles. The number of rotatable bonds is 2. The Kier molecular flexibility index (Phi) is 2.93. The lowest BCUT2D eigenvalue weighted by Gasteiger charge is -2.19. The lowest BCUT2D eigenvalue weighted by atomic mass is 9.94. The van der Waals surface area contributed by atoms with Gasteiger partial charge in [-0.3, -0.25) is 0 Å². The van der Waals surface area contributed by atoms with Crippen LogP contribution in [-0.2, 0) is 16.0 Å². The van der Waals surface area contributed by atoms with Crippen molar-refractivity contribution in [2.45, 2.75) is 32.3 Å². The molecule has 1 aromatic carbocycles. The highest BCUT2D eigenvalue weighted by Crippen LogP contribution is 2.42. The largest absolute Gasteiger partial charge is 0.496 e. The number of esters is 1. The van der Waals surface area contributed by atoms with Crippen molar-refractivity contribution in [3.05, 3.63) is 29.3 Å². The van der Waals surface area contributed by atoms with Gasteiger partial charge < -0.3 is 14.2 Å².